The number of aromatic nitrogens is 1. The van der Waals surface area contributed by atoms with Gasteiger partial charge >= 0.3 is 0 Å². The average molecular weight is 312 g/mol. The number of nitrogens with zero attached hydrogens (tertiary/aromatic N) is 3. The van der Waals surface area contributed by atoms with Gasteiger partial charge in [0.25, 0.3) is 5.91 Å². The second-order valence-corrected chi connectivity index (χ2v) is 5.78. The van der Waals surface area contributed by atoms with E-state index in [1.165, 1.54) is 6.20 Å². The van der Waals surface area contributed by atoms with Crippen molar-refractivity contribution in [2.24, 2.45) is 5.84 Å². The average Bonchev–Trinajstić information content (AvgIpc) is 2.67. The van der Waals surface area contributed by atoms with E-state index in [2.05, 4.69) is 29.3 Å². The Kier molecular flexibility index (Phi) is 5.39. The summed E-state index contributed by atoms with van der Waals surface area (Å²) in [5.41, 5.74) is 2.90. The molecule has 1 atom stereocenters. The van der Waals surface area contributed by atoms with Crippen LogP contribution in [0.25, 0.3) is 0 Å². The van der Waals surface area contributed by atoms with Crippen molar-refractivity contribution in [2.75, 3.05) is 32.1 Å². The maximum absolute atomic E-state index is 12.7. The van der Waals surface area contributed by atoms with Gasteiger partial charge < -0.3 is 15.2 Å². The van der Waals surface area contributed by atoms with Crippen molar-refractivity contribution >= 4 is 23.3 Å². The monoisotopic (exact) mass is 311 g/mol. The van der Waals surface area contributed by atoms with E-state index in [0.717, 1.165) is 32.5 Å². The van der Waals surface area contributed by atoms with Gasteiger partial charge in [0.15, 0.2) is 5.82 Å². The molecule has 116 valence electrons. The van der Waals surface area contributed by atoms with Crippen LogP contribution < -0.4 is 11.3 Å². The Morgan fingerprint density at radius 3 is 2.95 bits per heavy atom. The van der Waals surface area contributed by atoms with E-state index >= 15 is 0 Å². The fourth-order valence-electron chi connectivity index (χ4n) is 2.69. The number of nitrogen functional groups attached to an aromatic ring is 1. The summed E-state index contributed by atoms with van der Waals surface area (Å²) in [5.74, 6) is 5.65. The zero-order valence-electron chi connectivity index (χ0n) is 12.5. The molecule has 1 fully saturated rings. The van der Waals surface area contributed by atoms with Crippen LogP contribution in [0.1, 0.15) is 30.1 Å². The number of amides is 1. The molecular weight excluding hydrogens is 290 g/mol. The number of pyridine rings is 1. The van der Waals surface area contributed by atoms with Gasteiger partial charge in [-0.1, -0.05) is 18.5 Å². The highest BCUT2D eigenvalue weighted by atomic mass is 35.5. The number of hydrazine groups is 1. The molecule has 21 heavy (non-hydrogen) atoms. The zero-order chi connectivity index (χ0) is 15.4. The van der Waals surface area contributed by atoms with Crippen LogP contribution in [0.3, 0.4) is 0 Å². The molecule has 0 radical (unpaired) electrons. The Bertz CT molecular complexity index is 510. The molecule has 0 bridgehead atoms. The third kappa shape index (κ3) is 3.64. The van der Waals surface area contributed by atoms with Gasteiger partial charge in [0, 0.05) is 25.3 Å². The first-order valence-corrected chi connectivity index (χ1v) is 7.56. The van der Waals surface area contributed by atoms with E-state index < -0.39 is 0 Å². The molecule has 1 amide bonds. The van der Waals surface area contributed by atoms with E-state index in [1.54, 1.807) is 6.07 Å². The molecule has 0 aromatic carbocycles. The predicted octanol–water partition coefficient (Wildman–Crippen LogP) is 1.58. The lowest BCUT2D eigenvalue weighted by atomic mass is 10.1. The second kappa shape index (κ2) is 7.06. The highest BCUT2D eigenvalue weighted by Crippen LogP contribution is 2.22. The van der Waals surface area contributed by atoms with E-state index in [0.29, 0.717) is 16.4 Å². The van der Waals surface area contributed by atoms with E-state index in [-0.39, 0.29) is 11.9 Å². The van der Waals surface area contributed by atoms with Crippen molar-refractivity contribution in [2.45, 2.75) is 25.8 Å². The Labute approximate surface area is 130 Å². The molecule has 2 heterocycles. The Balaban J connectivity index is 2.22. The predicted molar refractivity (Wildman–Crippen MR) is 84.3 cm³/mol. The quantitative estimate of drug-likeness (QED) is 0.655. The zero-order valence-corrected chi connectivity index (χ0v) is 13.2. The molecule has 7 heteroatoms. The molecular formula is C14H22ClN5O. The van der Waals surface area contributed by atoms with Crippen molar-refractivity contribution in [3.05, 3.63) is 22.8 Å². The number of hydrogen-bond acceptors (Lipinski definition) is 5. The van der Waals surface area contributed by atoms with Crippen LogP contribution in [-0.2, 0) is 0 Å². The maximum Gasteiger partial charge on any atom is 0.255 e. The number of likely N-dealkylation sites (N-methyl/N-ethyl adjacent to an activating group) is 1. The fourth-order valence-corrected chi connectivity index (χ4v) is 2.91. The number of nitrogens with two attached hydrogens (primary N) is 1. The first-order chi connectivity index (χ1) is 10.1. The van der Waals surface area contributed by atoms with E-state index in [4.69, 9.17) is 17.4 Å². The Morgan fingerprint density at radius 2 is 2.33 bits per heavy atom. The molecule has 0 aliphatic carbocycles. The summed E-state index contributed by atoms with van der Waals surface area (Å²) in [6, 6.07) is 1.84. The molecule has 6 nitrogen and oxygen atoms in total. The lowest BCUT2D eigenvalue weighted by Crippen LogP contribution is -2.43. The minimum Gasteiger partial charge on any atom is -0.334 e. The first kappa shape index (κ1) is 16.0. The number of nitrogens with one attached hydrogen (secondary N) is 1. The highest BCUT2D eigenvalue weighted by molar-refractivity contribution is 6.33. The number of rotatable bonds is 3. The molecule has 2 rings (SSSR count). The summed E-state index contributed by atoms with van der Waals surface area (Å²) in [7, 11) is 2.09. The van der Waals surface area contributed by atoms with Gasteiger partial charge in [-0.3, -0.25) is 4.79 Å². The molecule has 3 N–H and O–H groups in total. The lowest BCUT2D eigenvalue weighted by Gasteiger charge is -2.30. The lowest BCUT2D eigenvalue weighted by molar-refractivity contribution is 0.0675. The highest BCUT2D eigenvalue weighted by Gasteiger charge is 2.27. The molecule has 1 aromatic rings. The molecule has 1 aliphatic heterocycles. The molecule has 1 saturated heterocycles. The van der Waals surface area contributed by atoms with Gasteiger partial charge in [0.1, 0.15) is 0 Å². The van der Waals surface area contributed by atoms with Crippen LogP contribution in [0.15, 0.2) is 12.3 Å². The summed E-state index contributed by atoms with van der Waals surface area (Å²) in [5, 5.41) is 0.350. The van der Waals surface area contributed by atoms with E-state index in [9.17, 15) is 4.79 Å². The standard InChI is InChI=1S/C14H22ClN5O/c1-3-11-9-19(2)5-4-6-20(11)14(21)10-7-12(15)13(18-16)17-8-10/h7-8,11H,3-6,9,16H2,1-2H3,(H,17,18). The number of halogens is 1. The third-order valence-electron chi connectivity index (χ3n) is 3.86. The van der Waals surface area contributed by atoms with Crippen molar-refractivity contribution < 1.29 is 4.79 Å². The molecule has 0 spiro atoms. The normalized spacial score (nSPS) is 20.2. The summed E-state index contributed by atoms with van der Waals surface area (Å²) >= 11 is 6.05. The van der Waals surface area contributed by atoms with Gasteiger partial charge in [-0.25, -0.2) is 10.8 Å². The largest absolute Gasteiger partial charge is 0.334 e. The van der Waals surface area contributed by atoms with Crippen molar-refractivity contribution in [1.82, 2.24) is 14.8 Å². The summed E-state index contributed by atoms with van der Waals surface area (Å²) in [6.07, 6.45) is 3.42. The fraction of sp³-hybridized carbons (Fsp3) is 0.571. The number of anilines is 1. The van der Waals surface area contributed by atoms with Crippen molar-refractivity contribution in [3.63, 3.8) is 0 Å². The summed E-state index contributed by atoms with van der Waals surface area (Å²) < 4.78 is 0. The Morgan fingerprint density at radius 1 is 1.57 bits per heavy atom. The van der Waals surface area contributed by atoms with Gasteiger partial charge in [0.05, 0.1) is 10.6 Å². The SMILES string of the molecule is CCC1CN(C)CCCN1C(=O)c1cnc(NN)c(Cl)c1. The van der Waals surface area contributed by atoms with Crippen molar-refractivity contribution in [3.8, 4) is 0 Å². The van der Waals surface area contributed by atoms with Crippen LogP contribution in [0.2, 0.25) is 5.02 Å². The Hall–Kier alpha value is -1.37. The van der Waals surface area contributed by atoms with Crippen LogP contribution in [0, 0.1) is 0 Å². The maximum atomic E-state index is 12.7. The van der Waals surface area contributed by atoms with Crippen LogP contribution >= 0.6 is 11.6 Å². The molecule has 1 unspecified atom stereocenters. The summed E-state index contributed by atoms with van der Waals surface area (Å²) in [6.45, 7) is 4.77. The van der Waals surface area contributed by atoms with E-state index in [1.807, 2.05) is 4.90 Å². The van der Waals surface area contributed by atoms with Gasteiger partial charge in [-0.2, -0.15) is 0 Å². The molecule has 1 aromatic heterocycles. The third-order valence-corrected chi connectivity index (χ3v) is 4.15. The first-order valence-electron chi connectivity index (χ1n) is 7.18. The minimum atomic E-state index is -0.0184. The number of carbonyl (C=O) groups is 1. The van der Waals surface area contributed by atoms with Crippen LogP contribution in [-0.4, -0.2) is 53.4 Å². The number of hydrogen-bond donors (Lipinski definition) is 2. The minimum absolute atomic E-state index is 0.0184. The molecule has 0 saturated carbocycles. The summed E-state index contributed by atoms with van der Waals surface area (Å²) in [4.78, 5) is 21.0. The van der Waals surface area contributed by atoms with Gasteiger partial charge in [0.2, 0.25) is 0 Å². The topological polar surface area (TPSA) is 74.5 Å². The smallest absolute Gasteiger partial charge is 0.255 e. The molecule has 1 aliphatic rings. The van der Waals surface area contributed by atoms with Gasteiger partial charge in [-0.15, -0.1) is 0 Å². The van der Waals surface area contributed by atoms with Crippen LogP contribution in [0.5, 0.6) is 0 Å². The number of carbonyl (C=O) groups excluding carboxylic acids is 1. The van der Waals surface area contributed by atoms with Crippen molar-refractivity contribution in [1.29, 1.82) is 0 Å². The second-order valence-electron chi connectivity index (χ2n) is 5.38. The van der Waals surface area contributed by atoms with Gasteiger partial charge in [-0.05, 0) is 32.5 Å². The van der Waals surface area contributed by atoms with Crippen LogP contribution in [0.4, 0.5) is 5.82 Å².